The topological polar surface area (TPSA) is 90.1 Å². The van der Waals surface area contributed by atoms with Gasteiger partial charge in [0, 0.05) is 18.8 Å². The number of ether oxygens (including phenoxy) is 1. The zero-order valence-corrected chi connectivity index (χ0v) is 9.99. The standard InChI is InChI=1S/C11H12N4O3/c1-3-8-4-7(10(16)17)5-9(13-8)18-11-12-6-15(2)14-11/h4-6H,3H2,1-2H3,(H,16,17). The van der Waals surface area contributed by atoms with Gasteiger partial charge in [-0.15, -0.1) is 5.10 Å². The SMILES string of the molecule is CCc1cc(C(=O)O)cc(Oc2ncn(C)n2)n1. The largest absolute Gasteiger partial charge is 0.478 e. The van der Waals surface area contributed by atoms with Gasteiger partial charge in [-0.05, 0) is 12.5 Å². The minimum absolute atomic E-state index is 0.132. The molecule has 7 heteroatoms. The Morgan fingerprint density at radius 3 is 2.83 bits per heavy atom. The third kappa shape index (κ3) is 2.62. The van der Waals surface area contributed by atoms with Crippen molar-refractivity contribution in [2.75, 3.05) is 0 Å². The number of aromatic nitrogens is 4. The van der Waals surface area contributed by atoms with Crippen molar-refractivity contribution in [3.63, 3.8) is 0 Å². The van der Waals surface area contributed by atoms with Crippen LogP contribution >= 0.6 is 0 Å². The summed E-state index contributed by atoms with van der Waals surface area (Å²) in [5.74, 6) is -0.844. The number of aryl methyl sites for hydroxylation is 2. The second kappa shape index (κ2) is 4.82. The lowest BCUT2D eigenvalue weighted by atomic mass is 10.2. The number of pyridine rings is 1. The van der Waals surface area contributed by atoms with Gasteiger partial charge in [-0.3, -0.25) is 4.68 Å². The van der Waals surface area contributed by atoms with E-state index >= 15 is 0 Å². The molecule has 0 unspecified atom stereocenters. The highest BCUT2D eigenvalue weighted by Crippen LogP contribution is 2.18. The van der Waals surface area contributed by atoms with Gasteiger partial charge in [0.1, 0.15) is 6.33 Å². The summed E-state index contributed by atoms with van der Waals surface area (Å²) in [4.78, 5) is 19.0. The summed E-state index contributed by atoms with van der Waals surface area (Å²) < 4.78 is 6.80. The molecule has 7 nitrogen and oxygen atoms in total. The van der Waals surface area contributed by atoms with E-state index in [1.165, 1.54) is 23.1 Å². The molecule has 0 aliphatic heterocycles. The molecule has 2 aromatic rings. The number of carbonyl (C=O) groups is 1. The molecule has 0 radical (unpaired) electrons. The molecule has 0 fully saturated rings. The first kappa shape index (κ1) is 12.0. The Bertz CT molecular complexity index is 579. The van der Waals surface area contributed by atoms with Crippen LogP contribution in [0.2, 0.25) is 0 Å². The first-order chi connectivity index (χ1) is 8.58. The van der Waals surface area contributed by atoms with E-state index in [0.29, 0.717) is 12.1 Å². The summed E-state index contributed by atoms with van der Waals surface area (Å²) in [5.41, 5.74) is 0.772. The maximum Gasteiger partial charge on any atom is 0.342 e. The fourth-order valence-corrected chi connectivity index (χ4v) is 1.38. The summed E-state index contributed by atoms with van der Waals surface area (Å²) in [7, 11) is 1.71. The van der Waals surface area contributed by atoms with Crippen molar-refractivity contribution in [3.8, 4) is 11.9 Å². The van der Waals surface area contributed by atoms with E-state index in [-0.39, 0.29) is 17.5 Å². The van der Waals surface area contributed by atoms with Gasteiger partial charge >= 0.3 is 12.0 Å². The number of rotatable bonds is 4. The molecular formula is C11H12N4O3. The number of aromatic carboxylic acids is 1. The summed E-state index contributed by atoms with van der Waals surface area (Å²) in [5, 5.41) is 12.9. The predicted molar refractivity (Wildman–Crippen MR) is 61.7 cm³/mol. The Morgan fingerprint density at radius 1 is 1.50 bits per heavy atom. The third-order valence-electron chi connectivity index (χ3n) is 2.24. The van der Waals surface area contributed by atoms with Crippen molar-refractivity contribution in [3.05, 3.63) is 29.7 Å². The van der Waals surface area contributed by atoms with Gasteiger partial charge in [0.05, 0.1) is 5.56 Å². The monoisotopic (exact) mass is 248 g/mol. The van der Waals surface area contributed by atoms with Crippen LogP contribution in [0, 0.1) is 0 Å². The molecule has 0 aromatic carbocycles. The molecule has 0 aliphatic carbocycles. The van der Waals surface area contributed by atoms with E-state index in [9.17, 15) is 4.79 Å². The average Bonchev–Trinajstić information content (AvgIpc) is 2.74. The minimum atomic E-state index is -1.02. The molecule has 2 heterocycles. The van der Waals surface area contributed by atoms with E-state index in [1.54, 1.807) is 7.05 Å². The molecule has 0 atom stereocenters. The fraction of sp³-hybridized carbons (Fsp3) is 0.273. The van der Waals surface area contributed by atoms with Crippen LogP contribution in [-0.2, 0) is 13.5 Å². The summed E-state index contributed by atoms with van der Waals surface area (Å²) in [6.07, 6.45) is 2.10. The first-order valence-corrected chi connectivity index (χ1v) is 5.36. The molecule has 0 saturated heterocycles. The summed E-state index contributed by atoms with van der Waals surface area (Å²) in [6.45, 7) is 1.89. The number of hydrogen-bond acceptors (Lipinski definition) is 5. The Hall–Kier alpha value is -2.44. The van der Waals surface area contributed by atoms with Crippen molar-refractivity contribution in [1.29, 1.82) is 0 Å². The van der Waals surface area contributed by atoms with E-state index < -0.39 is 5.97 Å². The lowest BCUT2D eigenvalue weighted by molar-refractivity contribution is 0.0696. The number of nitrogens with zero attached hydrogens (tertiary/aromatic N) is 4. The quantitative estimate of drug-likeness (QED) is 0.876. The normalized spacial score (nSPS) is 10.3. The van der Waals surface area contributed by atoms with Gasteiger partial charge in [0.25, 0.3) is 0 Å². The summed E-state index contributed by atoms with van der Waals surface area (Å²) >= 11 is 0. The van der Waals surface area contributed by atoms with Crippen LogP contribution in [0.15, 0.2) is 18.5 Å². The number of carboxylic acid groups (broad SMARTS) is 1. The summed E-state index contributed by atoms with van der Waals surface area (Å²) in [6, 6.07) is 2.99. The molecule has 18 heavy (non-hydrogen) atoms. The van der Waals surface area contributed by atoms with Crippen LogP contribution in [0.5, 0.6) is 11.9 Å². The van der Waals surface area contributed by atoms with Gasteiger partial charge < -0.3 is 9.84 Å². The van der Waals surface area contributed by atoms with E-state index in [0.717, 1.165) is 0 Å². The zero-order chi connectivity index (χ0) is 13.1. The number of hydrogen-bond donors (Lipinski definition) is 1. The molecule has 0 saturated carbocycles. The number of carboxylic acids is 1. The Kier molecular flexibility index (Phi) is 3.22. The molecule has 94 valence electrons. The molecular weight excluding hydrogens is 236 g/mol. The highest BCUT2D eigenvalue weighted by molar-refractivity contribution is 5.88. The Balaban J connectivity index is 2.32. The van der Waals surface area contributed by atoms with Gasteiger partial charge in [0.15, 0.2) is 0 Å². The molecule has 2 aromatic heterocycles. The van der Waals surface area contributed by atoms with Crippen LogP contribution in [0.4, 0.5) is 0 Å². The fourth-order valence-electron chi connectivity index (χ4n) is 1.38. The van der Waals surface area contributed by atoms with Crippen LogP contribution in [0.25, 0.3) is 0 Å². The molecule has 2 rings (SSSR count). The lowest BCUT2D eigenvalue weighted by Crippen LogP contribution is -2.02. The molecule has 0 bridgehead atoms. The highest BCUT2D eigenvalue weighted by Gasteiger charge is 2.10. The van der Waals surface area contributed by atoms with Crippen molar-refractivity contribution in [2.24, 2.45) is 7.05 Å². The van der Waals surface area contributed by atoms with Gasteiger partial charge in [-0.1, -0.05) is 6.92 Å². The lowest BCUT2D eigenvalue weighted by Gasteiger charge is -2.04. The second-order valence-corrected chi connectivity index (χ2v) is 3.65. The minimum Gasteiger partial charge on any atom is -0.478 e. The Labute approximate surface area is 103 Å². The van der Waals surface area contributed by atoms with Crippen molar-refractivity contribution < 1.29 is 14.6 Å². The highest BCUT2D eigenvalue weighted by atomic mass is 16.5. The van der Waals surface area contributed by atoms with Gasteiger partial charge in [-0.2, -0.15) is 4.98 Å². The van der Waals surface area contributed by atoms with Gasteiger partial charge in [-0.25, -0.2) is 9.78 Å². The Morgan fingerprint density at radius 2 is 2.28 bits per heavy atom. The van der Waals surface area contributed by atoms with Crippen LogP contribution < -0.4 is 4.74 Å². The van der Waals surface area contributed by atoms with E-state index in [1.807, 2.05) is 6.92 Å². The molecule has 0 aliphatic rings. The van der Waals surface area contributed by atoms with Crippen molar-refractivity contribution >= 4 is 5.97 Å². The average molecular weight is 248 g/mol. The van der Waals surface area contributed by atoms with Crippen LogP contribution in [0.1, 0.15) is 23.0 Å². The van der Waals surface area contributed by atoms with E-state index in [4.69, 9.17) is 9.84 Å². The van der Waals surface area contributed by atoms with Crippen LogP contribution in [-0.4, -0.2) is 30.8 Å². The molecule has 0 spiro atoms. The zero-order valence-electron chi connectivity index (χ0n) is 9.99. The first-order valence-electron chi connectivity index (χ1n) is 5.36. The van der Waals surface area contributed by atoms with Crippen LogP contribution in [0.3, 0.4) is 0 Å². The van der Waals surface area contributed by atoms with Gasteiger partial charge in [0.2, 0.25) is 5.88 Å². The smallest absolute Gasteiger partial charge is 0.342 e. The van der Waals surface area contributed by atoms with Crippen molar-refractivity contribution in [2.45, 2.75) is 13.3 Å². The molecule has 0 amide bonds. The van der Waals surface area contributed by atoms with Crippen molar-refractivity contribution in [1.82, 2.24) is 19.7 Å². The van der Waals surface area contributed by atoms with E-state index in [2.05, 4.69) is 15.1 Å². The maximum atomic E-state index is 11.0. The third-order valence-corrected chi connectivity index (χ3v) is 2.24. The molecule has 1 N–H and O–H groups in total. The maximum absolute atomic E-state index is 11.0. The second-order valence-electron chi connectivity index (χ2n) is 3.65. The predicted octanol–water partition coefficient (Wildman–Crippen LogP) is 1.26.